The third-order valence-corrected chi connectivity index (χ3v) is 5.52. The molecule has 1 saturated carbocycles. The van der Waals surface area contributed by atoms with Crippen LogP contribution in [-0.2, 0) is 15.3 Å². The average Bonchev–Trinajstić information content (AvgIpc) is 2.50. The van der Waals surface area contributed by atoms with Crippen molar-refractivity contribution in [2.24, 2.45) is 5.92 Å². The van der Waals surface area contributed by atoms with Crippen LogP contribution in [0.3, 0.4) is 0 Å². The van der Waals surface area contributed by atoms with Gasteiger partial charge in [0.2, 0.25) is 5.91 Å². The molecule has 0 bridgehead atoms. The van der Waals surface area contributed by atoms with E-state index in [4.69, 9.17) is 28.3 Å². The SMILES string of the molecule is O=C(CSCc1ccc(Cl)cc1Cl)NC1CCC(C(=O)O)CC1. The van der Waals surface area contributed by atoms with Crippen molar-refractivity contribution in [1.82, 2.24) is 5.32 Å². The van der Waals surface area contributed by atoms with E-state index in [0.717, 1.165) is 18.4 Å². The molecule has 1 amide bonds. The normalized spacial score (nSPS) is 21.0. The lowest BCUT2D eigenvalue weighted by Gasteiger charge is -2.26. The van der Waals surface area contributed by atoms with Crippen molar-refractivity contribution < 1.29 is 14.7 Å². The van der Waals surface area contributed by atoms with E-state index in [2.05, 4.69) is 5.32 Å². The summed E-state index contributed by atoms with van der Waals surface area (Å²) in [6.07, 6.45) is 2.73. The maximum atomic E-state index is 12.0. The van der Waals surface area contributed by atoms with E-state index in [1.165, 1.54) is 11.8 Å². The van der Waals surface area contributed by atoms with Gasteiger partial charge in [0, 0.05) is 21.8 Å². The number of rotatable bonds is 6. The largest absolute Gasteiger partial charge is 0.481 e. The molecule has 7 heteroatoms. The molecule has 0 saturated heterocycles. The summed E-state index contributed by atoms with van der Waals surface area (Å²) < 4.78 is 0. The number of halogens is 2. The zero-order valence-electron chi connectivity index (χ0n) is 12.6. The molecule has 4 nitrogen and oxygen atoms in total. The number of carbonyl (C=O) groups excluding carboxylic acids is 1. The average molecular weight is 376 g/mol. The predicted octanol–water partition coefficient (Wildman–Crippen LogP) is 3.99. The van der Waals surface area contributed by atoms with E-state index in [1.807, 2.05) is 6.07 Å². The van der Waals surface area contributed by atoms with Crippen LogP contribution in [0, 0.1) is 5.92 Å². The van der Waals surface area contributed by atoms with Gasteiger partial charge in [-0.2, -0.15) is 0 Å². The van der Waals surface area contributed by atoms with Gasteiger partial charge in [-0.3, -0.25) is 9.59 Å². The fourth-order valence-corrected chi connectivity index (χ4v) is 4.04. The number of hydrogen-bond donors (Lipinski definition) is 2. The van der Waals surface area contributed by atoms with Crippen molar-refractivity contribution in [3.05, 3.63) is 33.8 Å². The first-order valence-corrected chi connectivity index (χ1v) is 9.40. The molecule has 23 heavy (non-hydrogen) atoms. The van der Waals surface area contributed by atoms with Gasteiger partial charge in [-0.15, -0.1) is 11.8 Å². The number of nitrogens with one attached hydrogen (secondary N) is 1. The number of carbonyl (C=O) groups is 2. The second-order valence-electron chi connectivity index (χ2n) is 5.68. The van der Waals surface area contributed by atoms with Gasteiger partial charge in [-0.25, -0.2) is 0 Å². The van der Waals surface area contributed by atoms with Gasteiger partial charge in [-0.05, 0) is 43.4 Å². The van der Waals surface area contributed by atoms with Gasteiger partial charge in [0.05, 0.1) is 11.7 Å². The minimum absolute atomic E-state index is 0.0149. The summed E-state index contributed by atoms with van der Waals surface area (Å²) in [6.45, 7) is 0. The lowest BCUT2D eigenvalue weighted by atomic mass is 9.86. The van der Waals surface area contributed by atoms with Crippen LogP contribution in [0.25, 0.3) is 0 Å². The van der Waals surface area contributed by atoms with Gasteiger partial charge >= 0.3 is 5.97 Å². The molecule has 1 aliphatic carbocycles. The number of carboxylic acid groups (broad SMARTS) is 1. The molecule has 0 spiro atoms. The number of hydrogen-bond acceptors (Lipinski definition) is 3. The van der Waals surface area contributed by atoms with E-state index in [0.29, 0.717) is 34.4 Å². The first-order chi connectivity index (χ1) is 11.0. The van der Waals surface area contributed by atoms with Crippen molar-refractivity contribution in [2.45, 2.75) is 37.5 Å². The van der Waals surface area contributed by atoms with Gasteiger partial charge in [0.25, 0.3) is 0 Å². The topological polar surface area (TPSA) is 66.4 Å². The highest BCUT2D eigenvalue weighted by atomic mass is 35.5. The Morgan fingerprint density at radius 3 is 2.52 bits per heavy atom. The molecule has 1 aliphatic rings. The molecule has 0 aromatic heterocycles. The molecule has 0 unspecified atom stereocenters. The molecule has 0 aliphatic heterocycles. The molecule has 1 aromatic carbocycles. The van der Waals surface area contributed by atoms with Crippen LogP contribution in [0.2, 0.25) is 10.0 Å². The molecule has 0 heterocycles. The van der Waals surface area contributed by atoms with Gasteiger partial charge < -0.3 is 10.4 Å². The summed E-state index contributed by atoms with van der Waals surface area (Å²) in [6, 6.07) is 5.44. The van der Waals surface area contributed by atoms with Crippen molar-refractivity contribution in [3.63, 3.8) is 0 Å². The maximum Gasteiger partial charge on any atom is 0.306 e. The van der Waals surface area contributed by atoms with Crippen LogP contribution in [0.4, 0.5) is 0 Å². The van der Waals surface area contributed by atoms with Crippen LogP contribution in [0.5, 0.6) is 0 Å². The third kappa shape index (κ3) is 5.90. The molecule has 1 aromatic rings. The summed E-state index contributed by atoms with van der Waals surface area (Å²) in [4.78, 5) is 22.9. The maximum absolute atomic E-state index is 12.0. The third-order valence-electron chi connectivity index (χ3n) is 3.95. The Bertz CT molecular complexity index is 574. The second kappa shape index (κ2) is 8.81. The first kappa shape index (κ1) is 18.4. The van der Waals surface area contributed by atoms with Gasteiger partial charge in [-0.1, -0.05) is 29.3 Å². The van der Waals surface area contributed by atoms with Gasteiger partial charge in [0.1, 0.15) is 0 Å². The van der Waals surface area contributed by atoms with Crippen LogP contribution >= 0.6 is 35.0 Å². The highest BCUT2D eigenvalue weighted by molar-refractivity contribution is 7.99. The molecule has 0 radical (unpaired) electrons. The molecule has 2 N–H and O–H groups in total. The standard InChI is InChI=1S/C16H19Cl2NO3S/c17-12-4-1-11(14(18)7-12)8-23-9-15(20)19-13-5-2-10(3-6-13)16(21)22/h1,4,7,10,13H,2-3,5-6,8-9H2,(H,19,20)(H,21,22). The van der Waals surface area contributed by atoms with Crippen molar-refractivity contribution in [2.75, 3.05) is 5.75 Å². The van der Waals surface area contributed by atoms with Crippen LogP contribution < -0.4 is 5.32 Å². The Labute approximate surface area is 149 Å². The number of aliphatic carboxylic acids is 1. The molecule has 0 atom stereocenters. The summed E-state index contributed by atoms with van der Waals surface area (Å²) in [7, 11) is 0. The lowest BCUT2D eigenvalue weighted by Crippen LogP contribution is -2.39. The lowest BCUT2D eigenvalue weighted by molar-refractivity contribution is -0.142. The fraction of sp³-hybridized carbons (Fsp3) is 0.500. The van der Waals surface area contributed by atoms with E-state index in [-0.39, 0.29) is 17.9 Å². The Morgan fingerprint density at radius 2 is 1.91 bits per heavy atom. The monoisotopic (exact) mass is 375 g/mol. The van der Waals surface area contributed by atoms with Crippen LogP contribution in [0.15, 0.2) is 18.2 Å². The van der Waals surface area contributed by atoms with E-state index in [1.54, 1.807) is 12.1 Å². The predicted molar refractivity (Wildman–Crippen MR) is 94.1 cm³/mol. The highest BCUT2D eigenvalue weighted by Gasteiger charge is 2.26. The van der Waals surface area contributed by atoms with Crippen molar-refractivity contribution in [1.29, 1.82) is 0 Å². The Kier molecular flexibility index (Phi) is 7.06. The number of thioether (sulfide) groups is 1. The number of benzene rings is 1. The zero-order chi connectivity index (χ0) is 16.8. The summed E-state index contributed by atoms with van der Waals surface area (Å²) in [5.41, 5.74) is 0.954. The van der Waals surface area contributed by atoms with Crippen LogP contribution in [-0.4, -0.2) is 28.8 Å². The number of carboxylic acids is 1. The second-order valence-corrected chi connectivity index (χ2v) is 7.51. The van der Waals surface area contributed by atoms with E-state index >= 15 is 0 Å². The Morgan fingerprint density at radius 1 is 1.22 bits per heavy atom. The molecular weight excluding hydrogens is 357 g/mol. The molecular formula is C16H19Cl2NO3S. The Hall–Kier alpha value is -0.910. The van der Waals surface area contributed by atoms with Crippen LogP contribution in [0.1, 0.15) is 31.2 Å². The molecule has 126 valence electrons. The van der Waals surface area contributed by atoms with E-state index < -0.39 is 5.97 Å². The van der Waals surface area contributed by atoms with E-state index in [9.17, 15) is 9.59 Å². The quantitative estimate of drug-likeness (QED) is 0.788. The number of amides is 1. The van der Waals surface area contributed by atoms with Gasteiger partial charge in [0.15, 0.2) is 0 Å². The van der Waals surface area contributed by atoms with Crippen molar-refractivity contribution in [3.8, 4) is 0 Å². The summed E-state index contributed by atoms with van der Waals surface area (Å²) in [5, 5.41) is 13.1. The Balaban J connectivity index is 1.68. The first-order valence-electron chi connectivity index (χ1n) is 7.49. The molecule has 2 rings (SSSR count). The fourth-order valence-electron chi connectivity index (χ4n) is 2.65. The summed E-state index contributed by atoms with van der Waals surface area (Å²) >= 11 is 13.4. The minimum Gasteiger partial charge on any atom is -0.481 e. The minimum atomic E-state index is -0.731. The molecule has 1 fully saturated rings. The zero-order valence-corrected chi connectivity index (χ0v) is 14.9. The van der Waals surface area contributed by atoms with Crippen molar-refractivity contribution >= 4 is 46.8 Å². The smallest absolute Gasteiger partial charge is 0.306 e. The summed E-state index contributed by atoms with van der Waals surface area (Å²) in [5.74, 6) is 0.00102. The highest BCUT2D eigenvalue weighted by Crippen LogP contribution is 2.26.